The van der Waals surface area contributed by atoms with E-state index in [1.807, 2.05) is 0 Å². The van der Waals surface area contributed by atoms with Gasteiger partial charge in [0.1, 0.15) is 11.9 Å². The Balaban J connectivity index is 1.83. The molecule has 112 valence electrons. The summed E-state index contributed by atoms with van der Waals surface area (Å²) in [6.45, 7) is 0. The highest BCUT2D eigenvalue weighted by Gasteiger charge is 2.06. The van der Waals surface area contributed by atoms with Crippen LogP contribution in [0.25, 0.3) is 0 Å². The van der Waals surface area contributed by atoms with Crippen molar-refractivity contribution in [3.05, 3.63) is 66.1 Å². The molecule has 0 unspecified atom stereocenters. The molecule has 0 aliphatic carbocycles. The molecule has 0 saturated carbocycles. The highest BCUT2D eigenvalue weighted by atomic mass is 19.1. The maximum atomic E-state index is 13.6. The lowest BCUT2D eigenvalue weighted by Crippen LogP contribution is -2.03. The first-order valence-electron chi connectivity index (χ1n) is 6.73. The van der Waals surface area contributed by atoms with E-state index in [1.54, 1.807) is 42.5 Å². The molecule has 0 spiro atoms. The van der Waals surface area contributed by atoms with E-state index in [4.69, 9.17) is 5.26 Å². The zero-order valence-electron chi connectivity index (χ0n) is 11.9. The lowest BCUT2D eigenvalue weighted by atomic mass is 10.2. The van der Waals surface area contributed by atoms with Gasteiger partial charge in [0.25, 0.3) is 0 Å². The maximum absolute atomic E-state index is 13.6. The lowest BCUT2D eigenvalue weighted by Gasteiger charge is -2.09. The van der Waals surface area contributed by atoms with Crippen LogP contribution in [0.4, 0.5) is 27.5 Å². The molecule has 1 aromatic heterocycles. The minimum atomic E-state index is -0.393. The molecule has 0 amide bonds. The van der Waals surface area contributed by atoms with Crippen LogP contribution in [0.5, 0.6) is 0 Å². The monoisotopic (exact) mass is 306 g/mol. The van der Waals surface area contributed by atoms with E-state index < -0.39 is 5.82 Å². The summed E-state index contributed by atoms with van der Waals surface area (Å²) in [5.74, 6) is 0.145. The first kappa shape index (κ1) is 14.4. The third-order valence-corrected chi connectivity index (χ3v) is 2.99. The summed E-state index contributed by atoms with van der Waals surface area (Å²) in [6.07, 6.45) is 1.38. The van der Waals surface area contributed by atoms with Crippen LogP contribution in [0.3, 0.4) is 0 Å². The van der Waals surface area contributed by atoms with Gasteiger partial charge in [0.2, 0.25) is 5.95 Å². The van der Waals surface area contributed by atoms with Crippen LogP contribution in [0.1, 0.15) is 5.56 Å². The molecular weight excluding hydrogens is 295 g/mol. The molecule has 0 aliphatic heterocycles. The van der Waals surface area contributed by atoms with E-state index in [0.29, 0.717) is 17.1 Å². The second-order valence-corrected chi connectivity index (χ2v) is 4.55. The Bertz CT molecular complexity index is 874. The predicted octanol–water partition coefficient (Wildman–Crippen LogP) is 3.37. The van der Waals surface area contributed by atoms with Crippen molar-refractivity contribution in [2.45, 2.75) is 0 Å². The second-order valence-electron chi connectivity index (χ2n) is 4.55. The molecule has 0 fully saturated rings. The third kappa shape index (κ3) is 3.39. The van der Waals surface area contributed by atoms with Crippen molar-refractivity contribution in [1.29, 1.82) is 5.26 Å². The number of nitrogens with one attached hydrogen (secondary N) is 2. The van der Waals surface area contributed by atoms with Gasteiger partial charge in [0.05, 0.1) is 23.1 Å². The van der Waals surface area contributed by atoms with E-state index in [-0.39, 0.29) is 11.6 Å². The molecule has 2 N–H and O–H groups in total. The van der Waals surface area contributed by atoms with Crippen LogP contribution < -0.4 is 10.6 Å². The predicted molar refractivity (Wildman–Crippen MR) is 83.9 cm³/mol. The fraction of sp³-hybridized carbons (Fsp3) is 0. The normalized spacial score (nSPS) is 9.91. The Labute approximate surface area is 131 Å². The Hall–Kier alpha value is -3.53. The molecule has 0 aliphatic rings. The molecule has 0 bridgehead atoms. The largest absolute Gasteiger partial charge is 0.336 e. The van der Waals surface area contributed by atoms with Gasteiger partial charge in [-0.2, -0.15) is 15.3 Å². The van der Waals surface area contributed by atoms with Gasteiger partial charge in [-0.3, -0.25) is 0 Å². The van der Waals surface area contributed by atoms with Crippen molar-refractivity contribution in [2.24, 2.45) is 0 Å². The highest BCUT2D eigenvalue weighted by Crippen LogP contribution is 2.20. The molecule has 1 heterocycles. The summed E-state index contributed by atoms with van der Waals surface area (Å²) in [4.78, 5) is 4.21. The minimum absolute atomic E-state index is 0.203. The summed E-state index contributed by atoms with van der Waals surface area (Å²) in [5, 5.41) is 22.5. The Morgan fingerprint density at radius 1 is 0.957 bits per heavy atom. The van der Waals surface area contributed by atoms with E-state index in [1.165, 1.54) is 12.3 Å². The van der Waals surface area contributed by atoms with Crippen molar-refractivity contribution < 1.29 is 4.39 Å². The number of para-hydroxylation sites is 2. The van der Waals surface area contributed by atoms with Gasteiger partial charge in [0.15, 0.2) is 5.82 Å². The Morgan fingerprint density at radius 3 is 2.48 bits per heavy atom. The fourth-order valence-electron chi connectivity index (χ4n) is 1.93. The fourth-order valence-corrected chi connectivity index (χ4v) is 1.93. The molecule has 3 aromatic rings. The second kappa shape index (κ2) is 6.49. The van der Waals surface area contributed by atoms with E-state index >= 15 is 0 Å². The third-order valence-electron chi connectivity index (χ3n) is 2.99. The number of hydrogen-bond acceptors (Lipinski definition) is 6. The number of nitriles is 1. The van der Waals surface area contributed by atoms with Crippen molar-refractivity contribution in [1.82, 2.24) is 15.2 Å². The van der Waals surface area contributed by atoms with Crippen LogP contribution in [-0.4, -0.2) is 15.2 Å². The number of benzene rings is 2. The van der Waals surface area contributed by atoms with Gasteiger partial charge in [-0.25, -0.2) is 4.39 Å². The highest BCUT2D eigenvalue weighted by molar-refractivity contribution is 5.64. The Kier molecular flexibility index (Phi) is 4.07. The van der Waals surface area contributed by atoms with Crippen LogP contribution in [0.15, 0.2) is 54.7 Å². The SMILES string of the molecule is N#Cc1ccccc1Nc1nncc(Nc2ccccc2F)n1. The van der Waals surface area contributed by atoms with Gasteiger partial charge in [-0.1, -0.05) is 24.3 Å². The number of halogens is 1. The smallest absolute Gasteiger partial charge is 0.249 e. The molecule has 0 saturated heterocycles. The van der Waals surface area contributed by atoms with Crippen LogP contribution in [0.2, 0.25) is 0 Å². The number of anilines is 4. The van der Waals surface area contributed by atoms with Crippen molar-refractivity contribution in [3.8, 4) is 6.07 Å². The molecule has 2 aromatic carbocycles. The maximum Gasteiger partial charge on any atom is 0.249 e. The average molecular weight is 306 g/mol. The molecule has 0 radical (unpaired) electrons. The summed E-state index contributed by atoms with van der Waals surface area (Å²) in [5.41, 5.74) is 1.32. The first-order valence-corrected chi connectivity index (χ1v) is 6.73. The number of nitrogens with zero attached hydrogens (tertiary/aromatic N) is 4. The first-order chi connectivity index (χ1) is 11.3. The zero-order chi connectivity index (χ0) is 16.1. The summed E-state index contributed by atoms with van der Waals surface area (Å²) in [6, 6.07) is 15.3. The standard InChI is InChI=1S/C16H11FN6/c17-12-6-2-4-8-14(12)20-15-10-19-23-16(22-15)21-13-7-3-1-5-11(13)9-18/h1-8,10H,(H2,20,21,22,23). The molecule has 23 heavy (non-hydrogen) atoms. The molecule has 0 atom stereocenters. The van der Waals surface area contributed by atoms with Crippen molar-refractivity contribution >= 4 is 23.1 Å². The van der Waals surface area contributed by atoms with E-state index in [2.05, 4.69) is 31.9 Å². The number of hydrogen-bond donors (Lipinski definition) is 2. The van der Waals surface area contributed by atoms with Gasteiger partial charge >= 0.3 is 0 Å². The van der Waals surface area contributed by atoms with E-state index in [9.17, 15) is 4.39 Å². The van der Waals surface area contributed by atoms with E-state index in [0.717, 1.165) is 0 Å². The van der Waals surface area contributed by atoms with Gasteiger partial charge in [-0.05, 0) is 24.3 Å². The summed E-state index contributed by atoms with van der Waals surface area (Å²) in [7, 11) is 0. The van der Waals surface area contributed by atoms with Gasteiger partial charge in [0, 0.05) is 0 Å². The Morgan fingerprint density at radius 2 is 1.70 bits per heavy atom. The minimum Gasteiger partial charge on any atom is -0.336 e. The van der Waals surface area contributed by atoms with Gasteiger partial charge < -0.3 is 10.6 Å². The lowest BCUT2D eigenvalue weighted by molar-refractivity contribution is 0.632. The number of aromatic nitrogens is 3. The van der Waals surface area contributed by atoms with Gasteiger partial charge in [-0.15, -0.1) is 5.10 Å². The van der Waals surface area contributed by atoms with Crippen molar-refractivity contribution in [2.75, 3.05) is 10.6 Å². The van der Waals surface area contributed by atoms with Crippen LogP contribution >= 0.6 is 0 Å². The topological polar surface area (TPSA) is 86.5 Å². The average Bonchev–Trinajstić information content (AvgIpc) is 2.58. The molecule has 6 nitrogen and oxygen atoms in total. The number of rotatable bonds is 4. The quantitative estimate of drug-likeness (QED) is 0.768. The zero-order valence-corrected chi connectivity index (χ0v) is 11.9. The molecule has 3 rings (SSSR count). The van der Waals surface area contributed by atoms with Crippen LogP contribution in [0, 0.1) is 17.1 Å². The summed E-state index contributed by atoms with van der Waals surface area (Å²) < 4.78 is 13.6. The summed E-state index contributed by atoms with van der Waals surface area (Å²) >= 11 is 0. The van der Waals surface area contributed by atoms with Crippen LogP contribution in [-0.2, 0) is 0 Å². The molecular formula is C16H11FN6. The van der Waals surface area contributed by atoms with Crippen molar-refractivity contribution in [3.63, 3.8) is 0 Å². The molecule has 7 heteroatoms.